The van der Waals surface area contributed by atoms with E-state index in [1.54, 1.807) is 12.0 Å². The van der Waals surface area contributed by atoms with Crippen molar-refractivity contribution in [3.8, 4) is 5.75 Å². The number of methoxy groups -OCH3 is 1. The molecule has 0 bridgehead atoms. The highest BCUT2D eigenvalue weighted by atomic mass is 16.6. The van der Waals surface area contributed by atoms with Gasteiger partial charge in [-0.1, -0.05) is 6.07 Å². The number of hydrogen-bond donors (Lipinski definition) is 3. The van der Waals surface area contributed by atoms with Crippen molar-refractivity contribution in [2.75, 3.05) is 30.8 Å². The third-order valence-corrected chi connectivity index (χ3v) is 6.77. The van der Waals surface area contributed by atoms with Gasteiger partial charge in [0.05, 0.1) is 13.2 Å². The van der Waals surface area contributed by atoms with Gasteiger partial charge in [-0.2, -0.15) is 4.98 Å². The zero-order chi connectivity index (χ0) is 25.7. The number of aromatic nitrogens is 2. The molecule has 1 saturated carbocycles. The monoisotopic (exact) mass is 497 g/mol. The molecule has 9 nitrogen and oxygen atoms in total. The molecule has 1 amide bonds. The number of likely N-dealkylation sites (tertiary alicyclic amines) is 1. The minimum absolute atomic E-state index is 0.213. The van der Waals surface area contributed by atoms with E-state index in [0.717, 1.165) is 61.3 Å². The molecule has 36 heavy (non-hydrogen) atoms. The van der Waals surface area contributed by atoms with Crippen LogP contribution in [0.5, 0.6) is 5.75 Å². The molecule has 2 aliphatic rings. The first kappa shape index (κ1) is 26.0. The van der Waals surface area contributed by atoms with E-state index in [1.165, 1.54) is 0 Å². The van der Waals surface area contributed by atoms with Crippen molar-refractivity contribution in [1.82, 2.24) is 14.9 Å². The third-order valence-electron chi connectivity index (χ3n) is 6.77. The third kappa shape index (κ3) is 7.00. The lowest BCUT2D eigenvalue weighted by atomic mass is 9.89. The summed E-state index contributed by atoms with van der Waals surface area (Å²) < 4.78 is 10.9. The Kier molecular flexibility index (Phi) is 8.18. The first-order valence-corrected chi connectivity index (χ1v) is 12.9. The SMILES string of the molecule is COc1cccc(Nc2ncc(C3CCN(C(=O)OC(C)(C)C)CC3)c(N[C@H]3CC[C@H](O)CC3)n2)c1. The normalized spacial score (nSPS) is 21.1. The molecule has 0 spiro atoms. The summed E-state index contributed by atoms with van der Waals surface area (Å²) in [6.07, 6.45) is 6.48. The zero-order valence-corrected chi connectivity index (χ0v) is 21.8. The van der Waals surface area contributed by atoms with E-state index in [0.29, 0.717) is 19.0 Å². The first-order valence-electron chi connectivity index (χ1n) is 12.9. The van der Waals surface area contributed by atoms with Gasteiger partial charge >= 0.3 is 6.09 Å². The van der Waals surface area contributed by atoms with Crippen molar-refractivity contribution in [3.63, 3.8) is 0 Å². The predicted molar refractivity (Wildman–Crippen MR) is 140 cm³/mol. The highest BCUT2D eigenvalue weighted by Crippen LogP contribution is 2.34. The Morgan fingerprint density at radius 1 is 1.11 bits per heavy atom. The van der Waals surface area contributed by atoms with Gasteiger partial charge in [0.1, 0.15) is 17.2 Å². The van der Waals surface area contributed by atoms with Gasteiger partial charge < -0.3 is 30.1 Å². The van der Waals surface area contributed by atoms with Crippen LogP contribution in [0.3, 0.4) is 0 Å². The molecule has 4 rings (SSSR count). The number of anilines is 3. The maximum Gasteiger partial charge on any atom is 0.410 e. The Hall–Kier alpha value is -3.07. The highest BCUT2D eigenvalue weighted by Gasteiger charge is 2.30. The van der Waals surface area contributed by atoms with Crippen molar-refractivity contribution in [3.05, 3.63) is 36.0 Å². The lowest BCUT2D eigenvalue weighted by Gasteiger charge is -2.34. The molecule has 9 heteroatoms. The number of rotatable bonds is 6. The van der Waals surface area contributed by atoms with Crippen LogP contribution in [-0.4, -0.2) is 64.0 Å². The van der Waals surface area contributed by atoms with Crippen LogP contribution in [-0.2, 0) is 4.74 Å². The standard InChI is InChI=1S/C27H39N5O4/c1-27(2,3)36-26(34)32-14-12-18(13-15-32)23-17-28-25(30-20-6-5-7-22(16-20)35-4)31-24(23)29-19-8-10-21(33)11-9-19/h5-7,16-19,21,33H,8-15H2,1-4H3,(H2,28,29,30,31)/t19-,21-. The predicted octanol–water partition coefficient (Wildman–Crippen LogP) is 5.06. The van der Waals surface area contributed by atoms with Crippen LogP contribution in [0.25, 0.3) is 0 Å². The molecule has 1 aromatic heterocycles. The van der Waals surface area contributed by atoms with Crippen molar-refractivity contribution < 1.29 is 19.4 Å². The molecule has 0 radical (unpaired) electrons. The number of aliphatic hydroxyl groups is 1. The van der Waals surface area contributed by atoms with Crippen molar-refractivity contribution >= 4 is 23.5 Å². The molecule has 1 aromatic carbocycles. The second-order valence-corrected chi connectivity index (χ2v) is 10.7. The fourth-order valence-electron chi connectivity index (χ4n) is 4.81. The Balaban J connectivity index is 1.50. The van der Waals surface area contributed by atoms with E-state index >= 15 is 0 Å². The summed E-state index contributed by atoms with van der Waals surface area (Å²) in [7, 11) is 1.64. The lowest BCUT2D eigenvalue weighted by molar-refractivity contribution is 0.0205. The highest BCUT2D eigenvalue weighted by molar-refractivity contribution is 5.68. The van der Waals surface area contributed by atoms with E-state index in [1.807, 2.05) is 51.2 Å². The molecule has 2 aromatic rings. The molecule has 0 atom stereocenters. The van der Waals surface area contributed by atoms with Crippen LogP contribution in [0.2, 0.25) is 0 Å². The lowest BCUT2D eigenvalue weighted by Crippen LogP contribution is -2.41. The summed E-state index contributed by atoms with van der Waals surface area (Å²) in [5, 5.41) is 16.9. The van der Waals surface area contributed by atoms with Gasteiger partial charge in [0.25, 0.3) is 0 Å². The van der Waals surface area contributed by atoms with Gasteiger partial charge in [-0.3, -0.25) is 0 Å². The van der Waals surface area contributed by atoms with Gasteiger partial charge in [-0.05, 0) is 77.3 Å². The minimum atomic E-state index is -0.502. The average Bonchev–Trinajstić information content (AvgIpc) is 2.85. The number of carbonyl (C=O) groups excluding carboxylic acids is 1. The zero-order valence-electron chi connectivity index (χ0n) is 21.8. The summed E-state index contributed by atoms with van der Waals surface area (Å²) in [4.78, 5) is 23.8. The van der Waals surface area contributed by atoms with Gasteiger partial charge in [0.15, 0.2) is 0 Å². The summed E-state index contributed by atoms with van der Waals surface area (Å²) in [6.45, 7) is 6.94. The fourth-order valence-corrected chi connectivity index (χ4v) is 4.81. The molecule has 2 heterocycles. The van der Waals surface area contributed by atoms with Gasteiger partial charge in [0.2, 0.25) is 5.95 Å². The van der Waals surface area contributed by atoms with E-state index in [-0.39, 0.29) is 24.2 Å². The molecular weight excluding hydrogens is 458 g/mol. The van der Waals surface area contributed by atoms with Crippen molar-refractivity contribution in [2.45, 2.75) is 83.0 Å². The molecular formula is C27H39N5O4. The Bertz CT molecular complexity index is 1030. The largest absolute Gasteiger partial charge is 0.497 e. The Morgan fingerprint density at radius 3 is 2.50 bits per heavy atom. The minimum Gasteiger partial charge on any atom is -0.497 e. The number of nitrogens with zero attached hydrogens (tertiary/aromatic N) is 3. The van der Waals surface area contributed by atoms with Crippen molar-refractivity contribution in [2.24, 2.45) is 0 Å². The smallest absolute Gasteiger partial charge is 0.410 e. The second-order valence-electron chi connectivity index (χ2n) is 10.7. The van der Waals surface area contributed by atoms with Crippen LogP contribution in [0.15, 0.2) is 30.5 Å². The molecule has 1 saturated heterocycles. The topological polar surface area (TPSA) is 109 Å². The number of amides is 1. The van der Waals surface area contributed by atoms with Crippen LogP contribution in [0.4, 0.5) is 22.2 Å². The van der Waals surface area contributed by atoms with E-state index < -0.39 is 5.60 Å². The number of nitrogens with one attached hydrogen (secondary N) is 2. The summed E-state index contributed by atoms with van der Waals surface area (Å²) in [5.74, 6) is 2.34. The number of ether oxygens (including phenoxy) is 2. The van der Waals surface area contributed by atoms with Gasteiger partial charge in [0, 0.05) is 42.6 Å². The molecule has 196 valence electrons. The van der Waals surface area contributed by atoms with Crippen molar-refractivity contribution in [1.29, 1.82) is 0 Å². The quantitative estimate of drug-likeness (QED) is 0.508. The maximum absolute atomic E-state index is 12.5. The Morgan fingerprint density at radius 2 is 1.83 bits per heavy atom. The number of hydrogen-bond acceptors (Lipinski definition) is 8. The maximum atomic E-state index is 12.5. The Labute approximate surface area is 213 Å². The number of benzene rings is 1. The number of aliphatic hydroxyl groups excluding tert-OH is 1. The van der Waals surface area contributed by atoms with E-state index in [4.69, 9.17) is 14.5 Å². The van der Waals surface area contributed by atoms with E-state index in [2.05, 4.69) is 15.6 Å². The van der Waals surface area contributed by atoms with Gasteiger partial charge in [-0.25, -0.2) is 9.78 Å². The van der Waals surface area contributed by atoms with Crippen LogP contribution < -0.4 is 15.4 Å². The molecule has 1 aliphatic heterocycles. The van der Waals surface area contributed by atoms with E-state index in [9.17, 15) is 9.90 Å². The summed E-state index contributed by atoms with van der Waals surface area (Å²) in [5.41, 5.74) is 1.42. The fraction of sp³-hybridized carbons (Fsp3) is 0.593. The molecule has 0 unspecified atom stereocenters. The van der Waals surface area contributed by atoms with Crippen LogP contribution >= 0.6 is 0 Å². The average molecular weight is 498 g/mol. The first-order chi connectivity index (χ1) is 17.2. The summed E-state index contributed by atoms with van der Waals surface area (Å²) >= 11 is 0. The molecule has 2 fully saturated rings. The van der Waals surface area contributed by atoms with Gasteiger partial charge in [-0.15, -0.1) is 0 Å². The molecule has 3 N–H and O–H groups in total. The summed E-state index contributed by atoms with van der Waals surface area (Å²) in [6, 6.07) is 7.92. The number of piperidine rings is 1. The van der Waals surface area contributed by atoms with Crippen LogP contribution in [0.1, 0.15) is 70.8 Å². The second kappa shape index (κ2) is 11.3. The number of carbonyl (C=O) groups is 1. The molecule has 1 aliphatic carbocycles. The van der Waals surface area contributed by atoms with Crippen LogP contribution in [0, 0.1) is 0 Å².